The van der Waals surface area contributed by atoms with Gasteiger partial charge in [-0.15, -0.1) is 5.10 Å². The smallest absolute Gasteiger partial charge is 0.322 e. The summed E-state index contributed by atoms with van der Waals surface area (Å²) in [5, 5.41) is 13.9. The second-order valence-electron chi connectivity index (χ2n) is 6.08. The number of aromatic nitrogens is 2. The van der Waals surface area contributed by atoms with E-state index in [1.54, 1.807) is 7.05 Å². The third-order valence-corrected chi connectivity index (χ3v) is 6.62. The van der Waals surface area contributed by atoms with Crippen LogP contribution in [0.15, 0.2) is 50.4 Å². The standard InChI is InChI=1S/C18H20N4O4S2/c1-3-4-10-22(2)28(24,25)15-7-5-13(6-8-15)16(23)19-18-21-20-17(26-18)14-9-11-27-12-14/h5-9,11-12H,3-4,10H2,1-2H3,(H,19,21,23). The molecule has 10 heteroatoms. The van der Waals surface area contributed by atoms with Crippen LogP contribution < -0.4 is 5.32 Å². The zero-order valence-corrected chi connectivity index (χ0v) is 17.1. The van der Waals surface area contributed by atoms with Crippen LogP contribution in [0.1, 0.15) is 30.1 Å². The number of benzene rings is 1. The lowest BCUT2D eigenvalue weighted by Crippen LogP contribution is -2.28. The Morgan fingerprint density at radius 3 is 2.61 bits per heavy atom. The SMILES string of the molecule is CCCCN(C)S(=O)(=O)c1ccc(C(=O)Nc2nnc(-c3ccsc3)o2)cc1. The summed E-state index contributed by atoms with van der Waals surface area (Å²) in [4.78, 5) is 12.5. The molecule has 148 valence electrons. The van der Waals surface area contributed by atoms with E-state index in [2.05, 4.69) is 15.5 Å². The molecule has 8 nitrogen and oxygen atoms in total. The molecule has 0 aliphatic heterocycles. The minimum atomic E-state index is -3.57. The van der Waals surface area contributed by atoms with Crippen molar-refractivity contribution in [3.05, 3.63) is 46.7 Å². The molecule has 1 N–H and O–H groups in total. The molecule has 2 heterocycles. The Labute approximate surface area is 167 Å². The van der Waals surface area contributed by atoms with Crippen molar-refractivity contribution in [1.82, 2.24) is 14.5 Å². The molecule has 28 heavy (non-hydrogen) atoms. The van der Waals surface area contributed by atoms with Crippen molar-refractivity contribution in [3.8, 4) is 11.5 Å². The summed E-state index contributed by atoms with van der Waals surface area (Å²) >= 11 is 1.50. The number of nitrogens with one attached hydrogen (secondary N) is 1. The number of thiophene rings is 1. The van der Waals surface area contributed by atoms with E-state index in [1.165, 1.54) is 39.9 Å². The molecule has 0 unspecified atom stereocenters. The fraction of sp³-hybridized carbons (Fsp3) is 0.278. The molecule has 3 rings (SSSR count). The third kappa shape index (κ3) is 4.46. The predicted octanol–water partition coefficient (Wildman–Crippen LogP) is 3.47. The topological polar surface area (TPSA) is 105 Å². The molecule has 2 aromatic heterocycles. The number of carbonyl (C=O) groups is 1. The van der Waals surface area contributed by atoms with Gasteiger partial charge in [0, 0.05) is 30.1 Å². The summed E-state index contributed by atoms with van der Waals surface area (Å²) in [6, 6.07) is 7.54. The molecule has 0 atom stereocenters. The molecule has 0 spiro atoms. The van der Waals surface area contributed by atoms with Gasteiger partial charge in [-0.25, -0.2) is 12.7 Å². The number of hydrogen-bond acceptors (Lipinski definition) is 7. The molecule has 0 aliphatic carbocycles. The van der Waals surface area contributed by atoms with Crippen LogP contribution in [-0.2, 0) is 10.0 Å². The van der Waals surface area contributed by atoms with E-state index in [-0.39, 0.29) is 16.5 Å². The number of unbranched alkanes of at least 4 members (excludes halogenated alkanes) is 1. The van der Waals surface area contributed by atoms with Crippen molar-refractivity contribution in [2.45, 2.75) is 24.7 Å². The monoisotopic (exact) mass is 420 g/mol. The number of anilines is 1. The summed E-state index contributed by atoms with van der Waals surface area (Å²) in [7, 11) is -2.02. The van der Waals surface area contributed by atoms with Gasteiger partial charge >= 0.3 is 6.01 Å². The molecule has 0 radical (unpaired) electrons. The molecular weight excluding hydrogens is 400 g/mol. The van der Waals surface area contributed by atoms with Crippen LogP contribution in [0.3, 0.4) is 0 Å². The summed E-state index contributed by atoms with van der Waals surface area (Å²) in [5.74, 6) is -0.156. The number of hydrogen-bond donors (Lipinski definition) is 1. The highest BCUT2D eigenvalue weighted by Crippen LogP contribution is 2.22. The second kappa shape index (κ2) is 8.63. The minimum absolute atomic E-state index is 0.0257. The maximum absolute atomic E-state index is 12.5. The third-order valence-electron chi connectivity index (χ3n) is 4.06. The van der Waals surface area contributed by atoms with E-state index in [1.807, 2.05) is 23.8 Å². The summed E-state index contributed by atoms with van der Waals surface area (Å²) in [5.41, 5.74) is 1.06. The summed E-state index contributed by atoms with van der Waals surface area (Å²) in [6.07, 6.45) is 1.69. The Morgan fingerprint density at radius 2 is 1.96 bits per heavy atom. The van der Waals surface area contributed by atoms with Gasteiger partial charge in [-0.3, -0.25) is 10.1 Å². The molecule has 0 saturated carbocycles. The highest BCUT2D eigenvalue weighted by atomic mass is 32.2. The van der Waals surface area contributed by atoms with Crippen molar-refractivity contribution in [1.29, 1.82) is 0 Å². The van der Waals surface area contributed by atoms with Gasteiger partial charge in [0.05, 0.1) is 4.90 Å². The molecule has 1 amide bonds. The van der Waals surface area contributed by atoms with Crippen molar-refractivity contribution < 1.29 is 17.6 Å². The van der Waals surface area contributed by atoms with Gasteiger partial charge in [0.25, 0.3) is 11.8 Å². The highest BCUT2D eigenvalue weighted by Gasteiger charge is 2.21. The van der Waals surface area contributed by atoms with Gasteiger partial charge < -0.3 is 4.42 Å². The van der Waals surface area contributed by atoms with Gasteiger partial charge in [0.2, 0.25) is 10.0 Å². The van der Waals surface area contributed by atoms with Crippen LogP contribution in [0.4, 0.5) is 6.01 Å². The fourth-order valence-electron chi connectivity index (χ4n) is 2.41. The van der Waals surface area contributed by atoms with Crippen LogP contribution in [0.25, 0.3) is 11.5 Å². The van der Waals surface area contributed by atoms with Crippen LogP contribution in [-0.4, -0.2) is 42.4 Å². The van der Waals surface area contributed by atoms with Gasteiger partial charge in [-0.1, -0.05) is 18.4 Å². The highest BCUT2D eigenvalue weighted by molar-refractivity contribution is 7.89. The molecule has 0 saturated heterocycles. The van der Waals surface area contributed by atoms with E-state index in [0.717, 1.165) is 18.4 Å². The van der Waals surface area contributed by atoms with Crippen molar-refractivity contribution in [2.24, 2.45) is 0 Å². The number of carbonyl (C=O) groups excluding carboxylic acids is 1. The van der Waals surface area contributed by atoms with Gasteiger partial charge in [0.1, 0.15) is 0 Å². The van der Waals surface area contributed by atoms with Crippen LogP contribution in [0, 0.1) is 0 Å². The maximum Gasteiger partial charge on any atom is 0.322 e. The van der Waals surface area contributed by atoms with Crippen LogP contribution in [0.2, 0.25) is 0 Å². The van der Waals surface area contributed by atoms with E-state index >= 15 is 0 Å². The quantitative estimate of drug-likeness (QED) is 0.598. The minimum Gasteiger partial charge on any atom is -0.403 e. The number of amides is 1. The molecule has 0 bridgehead atoms. The Kier molecular flexibility index (Phi) is 6.22. The molecule has 0 fully saturated rings. The van der Waals surface area contributed by atoms with E-state index < -0.39 is 15.9 Å². The zero-order chi connectivity index (χ0) is 20.1. The normalized spacial score (nSPS) is 11.7. The molecule has 3 aromatic rings. The maximum atomic E-state index is 12.5. The van der Waals surface area contributed by atoms with Crippen molar-refractivity contribution in [2.75, 3.05) is 18.9 Å². The lowest BCUT2D eigenvalue weighted by molar-refractivity contribution is 0.102. The largest absolute Gasteiger partial charge is 0.403 e. The zero-order valence-electron chi connectivity index (χ0n) is 15.5. The summed E-state index contributed by atoms with van der Waals surface area (Å²) in [6.45, 7) is 2.45. The van der Waals surface area contributed by atoms with E-state index in [0.29, 0.717) is 12.4 Å². The fourth-order valence-corrected chi connectivity index (χ4v) is 4.24. The van der Waals surface area contributed by atoms with Crippen molar-refractivity contribution in [3.63, 3.8) is 0 Å². The summed E-state index contributed by atoms with van der Waals surface area (Å²) < 4.78 is 31.8. The van der Waals surface area contributed by atoms with Gasteiger partial charge in [-0.2, -0.15) is 11.3 Å². The van der Waals surface area contributed by atoms with Crippen LogP contribution >= 0.6 is 11.3 Å². The average Bonchev–Trinajstić information content (AvgIpc) is 3.37. The molecular formula is C18H20N4O4S2. The lowest BCUT2D eigenvalue weighted by atomic mass is 10.2. The van der Waals surface area contributed by atoms with Gasteiger partial charge in [-0.05, 0) is 42.1 Å². The molecule has 0 aliphatic rings. The Morgan fingerprint density at radius 1 is 1.21 bits per heavy atom. The second-order valence-corrected chi connectivity index (χ2v) is 8.91. The van der Waals surface area contributed by atoms with E-state index in [4.69, 9.17) is 4.42 Å². The first-order valence-corrected chi connectivity index (χ1v) is 11.0. The lowest BCUT2D eigenvalue weighted by Gasteiger charge is -2.16. The predicted molar refractivity (Wildman–Crippen MR) is 107 cm³/mol. The Balaban J connectivity index is 1.68. The number of rotatable bonds is 8. The van der Waals surface area contributed by atoms with Gasteiger partial charge in [0.15, 0.2) is 0 Å². The Hall–Kier alpha value is -2.56. The Bertz CT molecular complexity index is 1030. The number of nitrogens with zero attached hydrogens (tertiary/aromatic N) is 3. The number of sulfonamides is 1. The first-order valence-electron chi connectivity index (χ1n) is 8.65. The average molecular weight is 421 g/mol. The van der Waals surface area contributed by atoms with Crippen molar-refractivity contribution >= 4 is 33.3 Å². The first-order chi connectivity index (χ1) is 13.4. The molecule has 1 aromatic carbocycles. The van der Waals surface area contributed by atoms with E-state index in [9.17, 15) is 13.2 Å². The first kappa shape index (κ1) is 20.2. The van der Waals surface area contributed by atoms with Crippen LogP contribution in [0.5, 0.6) is 0 Å².